The molecule has 0 fully saturated rings. The molecular formula is C18H19BrN6S. The molecular weight excluding hydrogens is 412 g/mol. The average molecular weight is 431 g/mol. The molecule has 0 saturated heterocycles. The molecule has 0 radical (unpaired) electrons. The minimum atomic E-state index is 0. The van der Waals surface area contributed by atoms with Crippen LogP contribution in [0.5, 0.6) is 0 Å². The Kier molecular flexibility index (Phi) is 5.26. The number of nitrogens with zero attached hydrogens (tertiary/aromatic N) is 5. The van der Waals surface area contributed by atoms with Crippen molar-refractivity contribution < 1.29 is 0 Å². The summed E-state index contributed by atoms with van der Waals surface area (Å²) in [5.41, 5.74) is 3.03. The predicted molar refractivity (Wildman–Crippen MR) is 112 cm³/mol. The molecule has 6 nitrogen and oxygen atoms in total. The quantitative estimate of drug-likeness (QED) is 0.588. The number of hydrogen-bond acceptors (Lipinski definition) is 7. The van der Waals surface area contributed by atoms with Gasteiger partial charge in [-0.1, -0.05) is 59.9 Å². The van der Waals surface area contributed by atoms with Crippen LogP contribution >= 0.6 is 27.5 Å². The Balaban J connectivity index is 0.00000196. The Morgan fingerprint density at radius 2 is 1.54 bits per heavy atom. The molecule has 0 amide bonds. The van der Waals surface area contributed by atoms with E-state index in [1.807, 2.05) is 81.9 Å². The van der Waals surface area contributed by atoms with E-state index in [4.69, 9.17) is 5.10 Å². The summed E-state index contributed by atoms with van der Waals surface area (Å²) in [6, 6.07) is 20.2. The van der Waals surface area contributed by atoms with E-state index in [1.165, 1.54) is 4.88 Å². The number of aromatic nitrogens is 1. The van der Waals surface area contributed by atoms with Gasteiger partial charge in [0.2, 0.25) is 5.13 Å². The molecule has 8 heteroatoms. The fourth-order valence-corrected chi connectivity index (χ4v) is 3.96. The lowest BCUT2D eigenvalue weighted by atomic mass is 10.2. The van der Waals surface area contributed by atoms with Crippen LogP contribution in [0.3, 0.4) is 0 Å². The molecule has 1 aliphatic rings. The van der Waals surface area contributed by atoms with Crippen LogP contribution in [0.15, 0.2) is 65.8 Å². The van der Waals surface area contributed by atoms with Crippen LogP contribution in [0, 0.1) is 13.8 Å². The monoisotopic (exact) mass is 430 g/mol. The molecule has 0 bridgehead atoms. The number of hydrogen-bond donors (Lipinski definition) is 1. The summed E-state index contributed by atoms with van der Waals surface area (Å²) < 4.78 is 1.86. The molecule has 3 aromatic rings. The van der Waals surface area contributed by atoms with Gasteiger partial charge in [-0.2, -0.15) is 9.15 Å². The van der Waals surface area contributed by atoms with Crippen LogP contribution in [0.4, 0.5) is 10.8 Å². The van der Waals surface area contributed by atoms with Gasteiger partial charge < -0.3 is 6.15 Å². The Hall–Kier alpha value is -2.42. The molecule has 0 unspecified atom stereocenters. The minimum Gasteiger partial charge on any atom is -0.344 e. The SMILES string of the molecule is Cc1nc(N2N=C(c3ccccc3)N(Br)N2c2ccccc2)sc1C.N. The van der Waals surface area contributed by atoms with Gasteiger partial charge in [0.05, 0.1) is 27.5 Å². The number of anilines is 2. The highest BCUT2D eigenvalue weighted by Crippen LogP contribution is 2.35. The molecule has 3 N–H and O–H groups in total. The van der Waals surface area contributed by atoms with Crippen molar-refractivity contribution in [2.75, 3.05) is 10.2 Å². The van der Waals surface area contributed by atoms with Crippen LogP contribution in [-0.4, -0.2) is 14.9 Å². The number of thiazole rings is 1. The topological polar surface area (TPSA) is 70.0 Å². The van der Waals surface area contributed by atoms with Crippen molar-refractivity contribution in [3.05, 3.63) is 76.8 Å². The summed E-state index contributed by atoms with van der Waals surface area (Å²) in [5.74, 6) is 0.801. The molecule has 0 atom stereocenters. The van der Waals surface area contributed by atoms with Gasteiger partial charge in [0.1, 0.15) is 0 Å². The van der Waals surface area contributed by atoms with Crippen molar-refractivity contribution >= 4 is 44.1 Å². The lowest BCUT2D eigenvalue weighted by Crippen LogP contribution is -2.42. The first kappa shape index (κ1) is 18.4. The number of para-hydroxylation sites is 1. The van der Waals surface area contributed by atoms with Gasteiger partial charge in [-0.3, -0.25) is 0 Å². The summed E-state index contributed by atoms with van der Waals surface area (Å²) in [7, 11) is 0. The lowest BCUT2D eigenvalue weighted by molar-refractivity contribution is 0.631. The summed E-state index contributed by atoms with van der Waals surface area (Å²) in [6.07, 6.45) is 0. The highest BCUT2D eigenvalue weighted by molar-refractivity contribution is 9.07. The van der Waals surface area contributed by atoms with E-state index in [-0.39, 0.29) is 6.15 Å². The van der Waals surface area contributed by atoms with Gasteiger partial charge in [0.25, 0.3) is 0 Å². The molecule has 2 aromatic carbocycles. The Morgan fingerprint density at radius 3 is 2.12 bits per heavy atom. The van der Waals surface area contributed by atoms with E-state index in [1.54, 1.807) is 11.3 Å². The van der Waals surface area contributed by atoms with Crippen molar-refractivity contribution in [3.63, 3.8) is 0 Å². The highest BCUT2D eigenvalue weighted by Gasteiger charge is 2.35. The zero-order chi connectivity index (χ0) is 17.4. The van der Waals surface area contributed by atoms with Gasteiger partial charge in [-0.05, 0) is 26.0 Å². The van der Waals surface area contributed by atoms with Gasteiger partial charge in [-0.25, -0.2) is 4.98 Å². The van der Waals surface area contributed by atoms with E-state index in [2.05, 4.69) is 28.1 Å². The van der Waals surface area contributed by atoms with E-state index < -0.39 is 0 Å². The Labute approximate surface area is 165 Å². The van der Waals surface area contributed by atoms with Crippen LogP contribution in [0.1, 0.15) is 16.1 Å². The third-order valence-corrected chi connectivity index (χ3v) is 5.59. The zero-order valence-corrected chi connectivity index (χ0v) is 16.9. The number of aryl methyl sites for hydroxylation is 2. The van der Waals surface area contributed by atoms with E-state index >= 15 is 0 Å². The first-order chi connectivity index (χ1) is 12.1. The standard InChI is InChI=1S/C18H16BrN5S.H3N/c1-13-14(2)25-18(20-13)23-21-17(15-9-5-3-6-10-15)22(19)24(23)16-11-7-4-8-12-16;/h3-12H,1-2H3;1H3. The summed E-state index contributed by atoms with van der Waals surface area (Å²) in [5, 5.41) is 9.44. The maximum Gasteiger partial charge on any atom is 0.230 e. The normalized spacial score (nSPS) is 13.7. The number of hydrazine groups is 2. The van der Waals surface area contributed by atoms with Gasteiger partial charge >= 0.3 is 0 Å². The zero-order valence-electron chi connectivity index (χ0n) is 14.5. The van der Waals surface area contributed by atoms with Crippen molar-refractivity contribution in [1.82, 2.24) is 15.2 Å². The molecule has 0 spiro atoms. The van der Waals surface area contributed by atoms with Crippen LogP contribution in [-0.2, 0) is 0 Å². The Bertz CT molecular complexity index is 892. The average Bonchev–Trinajstić information content (AvgIpc) is 3.16. The fraction of sp³-hybridized carbons (Fsp3) is 0.111. The smallest absolute Gasteiger partial charge is 0.230 e. The summed E-state index contributed by atoms with van der Waals surface area (Å²) in [6.45, 7) is 4.10. The van der Waals surface area contributed by atoms with Crippen molar-refractivity contribution in [3.8, 4) is 0 Å². The highest BCUT2D eigenvalue weighted by atomic mass is 79.9. The second-order valence-corrected chi connectivity index (χ2v) is 7.46. The van der Waals surface area contributed by atoms with Crippen molar-refractivity contribution in [1.29, 1.82) is 0 Å². The van der Waals surface area contributed by atoms with Crippen LogP contribution in [0.2, 0.25) is 0 Å². The van der Waals surface area contributed by atoms with Crippen LogP contribution in [0.25, 0.3) is 0 Å². The molecule has 26 heavy (non-hydrogen) atoms. The number of rotatable bonds is 3. The number of benzene rings is 2. The predicted octanol–water partition coefficient (Wildman–Crippen LogP) is 5.05. The van der Waals surface area contributed by atoms with Crippen molar-refractivity contribution in [2.45, 2.75) is 13.8 Å². The van der Waals surface area contributed by atoms with E-state index in [9.17, 15) is 0 Å². The van der Waals surface area contributed by atoms with Crippen LogP contribution < -0.4 is 16.4 Å². The molecule has 0 saturated carbocycles. The first-order valence-corrected chi connectivity index (χ1v) is 9.37. The summed E-state index contributed by atoms with van der Waals surface area (Å²) in [4.78, 5) is 5.87. The number of hydrazone groups is 1. The van der Waals surface area contributed by atoms with Gasteiger partial charge in [-0.15, -0.1) is 10.2 Å². The third-order valence-electron chi connectivity index (χ3n) is 3.92. The fourth-order valence-electron chi connectivity index (χ4n) is 2.52. The first-order valence-electron chi connectivity index (χ1n) is 7.84. The molecule has 2 heterocycles. The minimum absolute atomic E-state index is 0. The van der Waals surface area contributed by atoms with Gasteiger partial charge in [0, 0.05) is 10.4 Å². The molecule has 1 aliphatic heterocycles. The number of amidine groups is 1. The summed E-state index contributed by atoms with van der Waals surface area (Å²) >= 11 is 5.30. The van der Waals surface area contributed by atoms with Gasteiger partial charge in [0.15, 0.2) is 5.84 Å². The Morgan fingerprint density at radius 1 is 0.923 bits per heavy atom. The maximum atomic E-state index is 4.82. The maximum absolute atomic E-state index is 4.82. The lowest BCUT2D eigenvalue weighted by Gasteiger charge is -2.30. The van der Waals surface area contributed by atoms with E-state index in [0.29, 0.717) is 0 Å². The molecule has 134 valence electrons. The molecule has 0 aliphatic carbocycles. The number of halogens is 1. The largest absolute Gasteiger partial charge is 0.344 e. The van der Waals surface area contributed by atoms with E-state index in [0.717, 1.165) is 27.9 Å². The molecule has 1 aromatic heterocycles. The van der Waals surface area contributed by atoms with Crippen molar-refractivity contribution in [2.24, 2.45) is 5.10 Å². The second-order valence-electron chi connectivity index (χ2n) is 5.60. The molecule has 4 rings (SSSR count). The third kappa shape index (κ3) is 3.18. The second kappa shape index (κ2) is 7.45.